The maximum atomic E-state index is 11.5. The lowest BCUT2D eigenvalue weighted by molar-refractivity contribution is -0.132. The Bertz CT molecular complexity index is 766. The molecule has 7 heteroatoms. The Balaban J connectivity index is 2.07. The lowest BCUT2D eigenvalue weighted by atomic mass is 10.1. The largest absolute Gasteiger partial charge is 0.502 e. The number of nitrogens with zero attached hydrogens (tertiary/aromatic N) is 1. The Labute approximate surface area is 137 Å². The molecule has 0 aliphatic carbocycles. The Morgan fingerprint density at radius 1 is 1.35 bits per heavy atom. The summed E-state index contributed by atoms with van der Waals surface area (Å²) in [6, 6.07) is 6.67. The van der Waals surface area contributed by atoms with E-state index in [4.69, 9.17) is 20.8 Å². The first kappa shape index (κ1) is 15.4. The zero-order valence-corrected chi connectivity index (χ0v) is 13.1. The Morgan fingerprint density at radius 2 is 2.04 bits per heavy atom. The van der Waals surface area contributed by atoms with Crippen LogP contribution in [0.3, 0.4) is 0 Å². The van der Waals surface area contributed by atoms with Crippen molar-refractivity contribution in [2.24, 2.45) is 0 Å². The molecule has 1 aliphatic rings. The predicted molar refractivity (Wildman–Crippen MR) is 84.0 cm³/mol. The van der Waals surface area contributed by atoms with Gasteiger partial charge in [0.05, 0.1) is 6.54 Å². The van der Waals surface area contributed by atoms with Gasteiger partial charge in [-0.15, -0.1) is 0 Å². The van der Waals surface area contributed by atoms with E-state index in [9.17, 15) is 14.7 Å². The SMILES string of the molecule is CC(=O)Oc1c(N2CCC(=O)C2)oc(-c2ccc(Cl)cc2)c1O. The first-order valence-corrected chi connectivity index (χ1v) is 7.40. The van der Waals surface area contributed by atoms with E-state index in [2.05, 4.69) is 0 Å². The normalized spacial score (nSPS) is 14.3. The fourth-order valence-corrected chi connectivity index (χ4v) is 2.57. The highest BCUT2D eigenvalue weighted by molar-refractivity contribution is 6.30. The molecule has 0 amide bonds. The number of anilines is 1. The molecule has 120 valence electrons. The zero-order chi connectivity index (χ0) is 16.6. The third-order valence-electron chi connectivity index (χ3n) is 3.49. The summed E-state index contributed by atoms with van der Waals surface area (Å²) in [6.07, 6.45) is 0.386. The van der Waals surface area contributed by atoms with Crippen molar-refractivity contribution in [2.75, 3.05) is 18.0 Å². The van der Waals surface area contributed by atoms with E-state index in [0.29, 0.717) is 23.6 Å². The van der Waals surface area contributed by atoms with Crippen molar-refractivity contribution >= 4 is 29.2 Å². The molecule has 6 nitrogen and oxygen atoms in total. The summed E-state index contributed by atoms with van der Waals surface area (Å²) in [6.45, 7) is 1.83. The van der Waals surface area contributed by atoms with Gasteiger partial charge in [0.1, 0.15) is 0 Å². The van der Waals surface area contributed by atoms with Crippen molar-refractivity contribution in [2.45, 2.75) is 13.3 Å². The molecule has 0 spiro atoms. The van der Waals surface area contributed by atoms with Crippen LogP contribution in [0.15, 0.2) is 28.7 Å². The highest BCUT2D eigenvalue weighted by atomic mass is 35.5. The zero-order valence-electron chi connectivity index (χ0n) is 12.3. The van der Waals surface area contributed by atoms with Crippen LogP contribution < -0.4 is 9.64 Å². The monoisotopic (exact) mass is 335 g/mol. The number of ether oxygens (including phenoxy) is 1. The molecule has 3 rings (SSSR count). The second-order valence-corrected chi connectivity index (χ2v) is 5.66. The molecular formula is C16H14ClNO5. The van der Waals surface area contributed by atoms with Gasteiger partial charge in [-0.25, -0.2) is 0 Å². The molecule has 2 heterocycles. The number of hydrogen-bond donors (Lipinski definition) is 1. The van der Waals surface area contributed by atoms with Crippen LogP contribution in [-0.4, -0.2) is 29.9 Å². The number of benzene rings is 1. The number of rotatable bonds is 3. The fraction of sp³-hybridized carbons (Fsp3) is 0.250. The number of carbonyl (C=O) groups excluding carboxylic acids is 2. The van der Waals surface area contributed by atoms with Crippen LogP contribution in [-0.2, 0) is 9.59 Å². The van der Waals surface area contributed by atoms with Gasteiger partial charge in [0.25, 0.3) is 0 Å². The number of esters is 1. The minimum Gasteiger partial charge on any atom is -0.502 e. The molecule has 0 unspecified atom stereocenters. The number of hydrogen-bond acceptors (Lipinski definition) is 6. The van der Waals surface area contributed by atoms with Crippen molar-refractivity contribution in [1.82, 2.24) is 0 Å². The number of aromatic hydroxyl groups is 1. The van der Waals surface area contributed by atoms with Crippen LogP contribution in [0.5, 0.6) is 11.5 Å². The molecule has 0 atom stereocenters. The summed E-state index contributed by atoms with van der Waals surface area (Å²) in [4.78, 5) is 24.4. The van der Waals surface area contributed by atoms with Crippen molar-refractivity contribution in [3.63, 3.8) is 0 Å². The van der Waals surface area contributed by atoms with E-state index in [1.54, 1.807) is 29.2 Å². The Kier molecular flexibility index (Phi) is 4.00. The van der Waals surface area contributed by atoms with Crippen molar-refractivity contribution in [3.8, 4) is 22.8 Å². The maximum Gasteiger partial charge on any atom is 0.308 e. The minimum atomic E-state index is -0.587. The molecule has 2 aromatic rings. The average Bonchev–Trinajstić information content (AvgIpc) is 3.05. The molecule has 0 radical (unpaired) electrons. The molecule has 1 N–H and O–H groups in total. The summed E-state index contributed by atoms with van der Waals surface area (Å²) in [7, 11) is 0. The molecule has 1 aliphatic heterocycles. The highest BCUT2D eigenvalue weighted by Gasteiger charge is 2.31. The van der Waals surface area contributed by atoms with E-state index in [-0.39, 0.29) is 35.5 Å². The minimum absolute atomic E-state index is 0.0581. The predicted octanol–water partition coefficient (Wildman–Crippen LogP) is 3.01. The van der Waals surface area contributed by atoms with Crippen LogP contribution in [0, 0.1) is 0 Å². The highest BCUT2D eigenvalue weighted by Crippen LogP contribution is 2.48. The lowest BCUT2D eigenvalue weighted by Crippen LogP contribution is -2.20. The van der Waals surface area contributed by atoms with Crippen LogP contribution >= 0.6 is 11.6 Å². The quantitative estimate of drug-likeness (QED) is 0.868. The van der Waals surface area contributed by atoms with Crippen LogP contribution in [0.2, 0.25) is 5.02 Å². The molecule has 1 aromatic heterocycles. The average molecular weight is 336 g/mol. The summed E-state index contributed by atoms with van der Waals surface area (Å²) >= 11 is 5.86. The molecule has 0 bridgehead atoms. The molecule has 0 saturated carbocycles. The molecule has 1 fully saturated rings. The number of Topliss-reactive ketones (excluding diaryl/α,β-unsaturated/α-hetero) is 1. The summed E-state index contributed by atoms with van der Waals surface area (Å²) in [5.74, 6) is -0.548. The van der Waals surface area contributed by atoms with Gasteiger partial charge >= 0.3 is 5.97 Å². The van der Waals surface area contributed by atoms with Gasteiger partial charge in [0.15, 0.2) is 11.5 Å². The number of halogens is 1. The topological polar surface area (TPSA) is 80.0 Å². The second-order valence-electron chi connectivity index (χ2n) is 5.22. The van der Waals surface area contributed by atoms with Gasteiger partial charge in [-0.1, -0.05) is 11.6 Å². The standard InChI is InChI=1S/C16H14ClNO5/c1-9(19)22-15-13(21)14(10-2-4-11(17)5-3-10)23-16(15)18-7-6-12(20)8-18/h2-5,21H,6-8H2,1H3. The van der Waals surface area contributed by atoms with E-state index in [0.717, 1.165) is 0 Å². The molecule has 1 aromatic carbocycles. The van der Waals surface area contributed by atoms with Gasteiger partial charge in [0, 0.05) is 30.5 Å². The van der Waals surface area contributed by atoms with Gasteiger partial charge in [-0.3, -0.25) is 9.59 Å². The number of ketones is 1. The van der Waals surface area contributed by atoms with Crippen molar-refractivity contribution in [3.05, 3.63) is 29.3 Å². The van der Waals surface area contributed by atoms with E-state index in [1.165, 1.54) is 6.92 Å². The van der Waals surface area contributed by atoms with Gasteiger partial charge in [-0.2, -0.15) is 0 Å². The molecular weight excluding hydrogens is 322 g/mol. The fourth-order valence-electron chi connectivity index (χ4n) is 2.44. The molecule has 23 heavy (non-hydrogen) atoms. The number of carbonyl (C=O) groups is 2. The van der Waals surface area contributed by atoms with E-state index < -0.39 is 5.97 Å². The van der Waals surface area contributed by atoms with Crippen molar-refractivity contribution in [1.29, 1.82) is 0 Å². The van der Waals surface area contributed by atoms with Crippen LogP contribution in [0.25, 0.3) is 11.3 Å². The number of furan rings is 1. The van der Waals surface area contributed by atoms with Crippen molar-refractivity contribution < 1.29 is 23.8 Å². The smallest absolute Gasteiger partial charge is 0.308 e. The van der Waals surface area contributed by atoms with Gasteiger partial charge < -0.3 is 19.2 Å². The lowest BCUT2D eigenvalue weighted by Gasteiger charge is -2.13. The third kappa shape index (κ3) is 3.03. The summed E-state index contributed by atoms with van der Waals surface area (Å²) in [5, 5.41) is 10.9. The third-order valence-corrected chi connectivity index (χ3v) is 3.74. The first-order valence-electron chi connectivity index (χ1n) is 7.02. The van der Waals surface area contributed by atoms with Crippen LogP contribution in [0.4, 0.5) is 5.88 Å². The molecule has 1 saturated heterocycles. The van der Waals surface area contributed by atoms with E-state index in [1.807, 2.05) is 0 Å². The maximum absolute atomic E-state index is 11.5. The first-order chi connectivity index (χ1) is 11.0. The Morgan fingerprint density at radius 3 is 2.61 bits per heavy atom. The Hall–Kier alpha value is -2.47. The summed E-state index contributed by atoms with van der Waals surface area (Å²) < 4.78 is 10.8. The van der Waals surface area contributed by atoms with Gasteiger partial charge in [-0.05, 0) is 24.3 Å². The van der Waals surface area contributed by atoms with Gasteiger partial charge in [0.2, 0.25) is 17.4 Å². The van der Waals surface area contributed by atoms with Crippen LogP contribution in [0.1, 0.15) is 13.3 Å². The van der Waals surface area contributed by atoms with E-state index >= 15 is 0 Å². The summed E-state index contributed by atoms with van der Waals surface area (Å²) in [5.41, 5.74) is 0.581. The second kappa shape index (κ2) is 5.96.